The van der Waals surface area contributed by atoms with Gasteiger partial charge in [0.25, 0.3) is 0 Å². The van der Waals surface area contributed by atoms with E-state index in [0.29, 0.717) is 19.1 Å². The van der Waals surface area contributed by atoms with Gasteiger partial charge < -0.3 is 10.2 Å². The number of rotatable bonds is 7. The third kappa shape index (κ3) is 5.12. The summed E-state index contributed by atoms with van der Waals surface area (Å²) in [6, 6.07) is 15.7. The number of aryl methyl sites for hydroxylation is 4. The molecule has 1 atom stereocenters. The van der Waals surface area contributed by atoms with E-state index in [9.17, 15) is 4.79 Å². The first-order chi connectivity index (χ1) is 18.0. The van der Waals surface area contributed by atoms with Gasteiger partial charge in [0.2, 0.25) is 5.91 Å². The van der Waals surface area contributed by atoms with Gasteiger partial charge in [-0.2, -0.15) is 0 Å². The minimum absolute atomic E-state index is 0.0489. The number of anilines is 1. The van der Waals surface area contributed by atoms with Crippen LogP contribution in [0.15, 0.2) is 42.5 Å². The Morgan fingerprint density at radius 2 is 1.81 bits per heavy atom. The van der Waals surface area contributed by atoms with Crippen molar-refractivity contribution in [3.8, 4) is 11.4 Å². The van der Waals surface area contributed by atoms with Crippen LogP contribution in [-0.4, -0.2) is 47.5 Å². The Balaban J connectivity index is 1.58. The van der Waals surface area contributed by atoms with E-state index < -0.39 is 0 Å². The number of carbonyl (C=O) groups is 1. The molecule has 6 nitrogen and oxygen atoms in total. The molecule has 1 unspecified atom stereocenters. The van der Waals surface area contributed by atoms with Crippen LogP contribution in [0.1, 0.15) is 66.2 Å². The summed E-state index contributed by atoms with van der Waals surface area (Å²) in [7, 11) is 2.22. The molecule has 2 aromatic carbocycles. The minimum atomic E-state index is 0.0489. The number of piperazine rings is 1. The molecule has 0 saturated carbocycles. The molecule has 194 valence electrons. The zero-order valence-corrected chi connectivity index (χ0v) is 22.7. The van der Waals surface area contributed by atoms with Crippen LogP contribution in [0.5, 0.6) is 0 Å². The normalized spacial score (nSPS) is 17.6. The number of hydrogen-bond donors (Lipinski definition) is 1. The molecule has 1 amide bonds. The molecule has 37 heavy (non-hydrogen) atoms. The summed E-state index contributed by atoms with van der Waals surface area (Å²) in [5, 5.41) is 2.97. The monoisotopic (exact) mass is 497 g/mol. The van der Waals surface area contributed by atoms with E-state index in [0.717, 1.165) is 67.2 Å². The second-order valence-corrected chi connectivity index (χ2v) is 10.4. The highest BCUT2D eigenvalue weighted by atomic mass is 16.2. The lowest BCUT2D eigenvalue weighted by atomic mass is 9.87. The molecular formula is C31H39N5O. The molecule has 1 aromatic heterocycles. The summed E-state index contributed by atoms with van der Waals surface area (Å²) < 4.78 is 0. The number of nitrogens with one attached hydrogen (secondary N) is 1. The number of benzene rings is 2. The number of carbonyl (C=O) groups excluding carboxylic acids is 1. The lowest BCUT2D eigenvalue weighted by molar-refractivity contribution is -0.120. The number of fused-ring (bicyclic) bond motifs is 1. The minimum Gasteiger partial charge on any atom is -0.353 e. The molecule has 1 aliphatic carbocycles. The third-order valence-electron chi connectivity index (χ3n) is 8.03. The predicted molar refractivity (Wildman–Crippen MR) is 150 cm³/mol. The van der Waals surface area contributed by atoms with Gasteiger partial charge >= 0.3 is 0 Å². The highest BCUT2D eigenvalue weighted by Gasteiger charge is 2.28. The lowest BCUT2D eigenvalue weighted by Gasteiger charge is -2.35. The van der Waals surface area contributed by atoms with Crippen molar-refractivity contribution in [3.05, 3.63) is 76.0 Å². The van der Waals surface area contributed by atoms with E-state index >= 15 is 0 Å². The first kappa shape index (κ1) is 25.4. The quantitative estimate of drug-likeness (QED) is 0.497. The third-order valence-corrected chi connectivity index (χ3v) is 8.03. The summed E-state index contributed by atoms with van der Waals surface area (Å²) in [6.07, 6.45) is 5.36. The van der Waals surface area contributed by atoms with Crippen molar-refractivity contribution >= 4 is 11.7 Å². The van der Waals surface area contributed by atoms with Crippen LogP contribution in [0.3, 0.4) is 0 Å². The van der Waals surface area contributed by atoms with Crippen molar-refractivity contribution in [3.63, 3.8) is 0 Å². The summed E-state index contributed by atoms with van der Waals surface area (Å²) in [6.45, 7) is 8.94. The van der Waals surface area contributed by atoms with E-state index in [4.69, 9.17) is 9.97 Å². The smallest absolute Gasteiger partial charge is 0.239 e. The van der Waals surface area contributed by atoms with Crippen LogP contribution in [-0.2, 0) is 30.6 Å². The Labute approximate surface area is 221 Å². The predicted octanol–water partition coefficient (Wildman–Crippen LogP) is 5.02. The van der Waals surface area contributed by atoms with E-state index in [-0.39, 0.29) is 5.91 Å². The summed E-state index contributed by atoms with van der Waals surface area (Å²) in [5.41, 5.74) is 8.71. The topological polar surface area (TPSA) is 61.4 Å². The molecule has 1 saturated heterocycles. The van der Waals surface area contributed by atoms with Crippen LogP contribution in [0.25, 0.3) is 11.4 Å². The SMILES string of the molecule is CCc1cccc(CC)c1-c1nc(C)c(CN(C)C2CCCc3ccccc32)c(N2CCNC(=O)C2)n1. The van der Waals surface area contributed by atoms with Gasteiger partial charge in [0.15, 0.2) is 5.82 Å². The van der Waals surface area contributed by atoms with Gasteiger partial charge in [0.1, 0.15) is 5.82 Å². The van der Waals surface area contributed by atoms with Crippen molar-refractivity contribution < 1.29 is 4.79 Å². The Morgan fingerprint density at radius 1 is 1.05 bits per heavy atom. The van der Waals surface area contributed by atoms with Crippen LogP contribution in [0.4, 0.5) is 5.82 Å². The Bertz CT molecular complexity index is 1260. The molecule has 5 rings (SSSR count). The van der Waals surface area contributed by atoms with Crippen LogP contribution < -0.4 is 10.2 Å². The molecular weight excluding hydrogens is 458 g/mol. The first-order valence-electron chi connectivity index (χ1n) is 13.8. The van der Waals surface area contributed by atoms with Crippen LogP contribution in [0.2, 0.25) is 0 Å². The van der Waals surface area contributed by atoms with Gasteiger partial charge in [-0.25, -0.2) is 9.97 Å². The van der Waals surface area contributed by atoms with Crippen molar-refractivity contribution in [2.45, 2.75) is 65.5 Å². The average molecular weight is 498 g/mol. The van der Waals surface area contributed by atoms with Gasteiger partial charge in [-0.15, -0.1) is 0 Å². The molecule has 1 N–H and O–H groups in total. The zero-order chi connectivity index (χ0) is 25.9. The molecule has 0 spiro atoms. The summed E-state index contributed by atoms with van der Waals surface area (Å²) >= 11 is 0. The molecule has 2 heterocycles. The van der Waals surface area contributed by atoms with Crippen molar-refractivity contribution in [2.24, 2.45) is 0 Å². The van der Waals surface area contributed by atoms with E-state index in [1.807, 2.05) is 0 Å². The van der Waals surface area contributed by atoms with Gasteiger partial charge in [-0.1, -0.05) is 56.3 Å². The van der Waals surface area contributed by atoms with E-state index in [2.05, 4.69) is 85.4 Å². The Kier molecular flexibility index (Phi) is 7.56. The van der Waals surface area contributed by atoms with Crippen LogP contribution >= 0.6 is 0 Å². The molecule has 6 heteroatoms. The lowest BCUT2D eigenvalue weighted by Crippen LogP contribution is -2.48. The number of amides is 1. The highest BCUT2D eigenvalue weighted by molar-refractivity contribution is 5.83. The molecule has 1 aliphatic heterocycles. The number of aromatic nitrogens is 2. The van der Waals surface area contributed by atoms with Crippen LogP contribution in [0, 0.1) is 6.92 Å². The maximum atomic E-state index is 12.4. The molecule has 0 radical (unpaired) electrons. The maximum Gasteiger partial charge on any atom is 0.239 e. The fourth-order valence-corrected chi connectivity index (χ4v) is 6.03. The van der Waals surface area contributed by atoms with Crippen molar-refractivity contribution in [1.82, 2.24) is 20.2 Å². The molecule has 3 aromatic rings. The standard InChI is InChI=1S/C31H39N5O/c1-5-22-12-9-13-23(6-2)29(22)30-33-21(3)26(31(34-30)36-18-17-32-28(37)20-36)19-35(4)27-16-10-14-24-11-7-8-15-25(24)27/h7-9,11-13,15,27H,5-6,10,14,16-20H2,1-4H3,(H,32,37). The maximum absolute atomic E-state index is 12.4. The average Bonchev–Trinajstić information content (AvgIpc) is 2.93. The Hall–Kier alpha value is -3.25. The fourth-order valence-electron chi connectivity index (χ4n) is 6.03. The second-order valence-electron chi connectivity index (χ2n) is 10.4. The number of nitrogens with zero attached hydrogens (tertiary/aromatic N) is 4. The summed E-state index contributed by atoms with van der Waals surface area (Å²) in [5.74, 6) is 1.73. The van der Waals surface area contributed by atoms with Crippen molar-refractivity contribution in [1.29, 1.82) is 0 Å². The van der Waals surface area contributed by atoms with E-state index in [1.54, 1.807) is 0 Å². The molecule has 2 aliphatic rings. The first-order valence-corrected chi connectivity index (χ1v) is 13.8. The van der Waals surface area contributed by atoms with Crippen molar-refractivity contribution in [2.75, 3.05) is 31.6 Å². The molecule has 0 bridgehead atoms. The number of hydrogen-bond acceptors (Lipinski definition) is 5. The van der Waals surface area contributed by atoms with Gasteiger partial charge in [-0.05, 0) is 68.3 Å². The van der Waals surface area contributed by atoms with Gasteiger partial charge in [0, 0.05) is 42.5 Å². The molecule has 1 fully saturated rings. The zero-order valence-electron chi connectivity index (χ0n) is 22.7. The summed E-state index contributed by atoms with van der Waals surface area (Å²) in [4.78, 5) is 27.3. The van der Waals surface area contributed by atoms with Gasteiger partial charge in [0.05, 0.1) is 6.54 Å². The second kappa shape index (κ2) is 11.0. The largest absolute Gasteiger partial charge is 0.353 e. The van der Waals surface area contributed by atoms with Gasteiger partial charge in [-0.3, -0.25) is 9.69 Å². The van der Waals surface area contributed by atoms with E-state index in [1.165, 1.54) is 28.7 Å². The fraction of sp³-hybridized carbons (Fsp3) is 0.452. The highest BCUT2D eigenvalue weighted by Crippen LogP contribution is 2.36. The Morgan fingerprint density at radius 3 is 2.54 bits per heavy atom.